The molecule has 7 nitrogen and oxygen atoms in total. The molecule has 0 spiro atoms. The van der Waals surface area contributed by atoms with E-state index in [4.69, 9.17) is 25.8 Å². The Kier molecular flexibility index (Phi) is 10.9. The van der Waals surface area contributed by atoms with Gasteiger partial charge in [0.2, 0.25) is 0 Å². The van der Waals surface area contributed by atoms with Gasteiger partial charge in [0.25, 0.3) is 0 Å². The summed E-state index contributed by atoms with van der Waals surface area (Å²) in [5.74, 6) is -2.95. The molecule has 0 saturated carbocycles. The number of rotatable bonds is 6. The van der Waals surface area contributed by atoms with Crippen molar-refractivity contribution in [2.45, 2.75) is 45.4 Å². The molecule has 0 aromatic heterocycles. The van der Waals surface area contributed by atoms with Crippen LogP contribution in [0, 0.1) is 5.41 Å². The zero-order valence-electron chi connectivity index (χ0n) is 11.8. The van der Waals surface area contributed by atoms with Gasteiger partial charge in [-0.05, 0) is 26.7 Å². The number of hydrogen-bond acceptors (Lipinski definition) is 4. The molecule has 0 aliphatic carbocycles. The van der Waals surface area contributed by atoms with Crippen molar-refractivity contribution in [1.82, 2.24) is 5.32 Å². The van der Waals surface area contributed by atoms with Crippen LogP contribution < -0.4 is 11.1 Å². The molecule has 0 aliphatic heterocycles. The van der Waals surface area contributed by atoms with Gasteiger partial charge >= 0.3 is 18.1 Å². The minimum atomic E-state index is -5.08. The number of aliphatic carboxylic acids is 1. The molecular formula is C11H20F3N3O4. The van der Waals surface area contributed by atoms with E-state index in [2.05, 4.69) is 5.32 Å². The summed E-state index contributed by atoms with van der Waals surface area (Å²) in [6.07, 6.45) is -3.13. The summed E-state index contributed by atoms with van der Waals surface area (Å²) < 4.78 is 36.7. The largest absolute Gasteiger partial charge is 0.490 e. The molecule has 0 atom stereocenters. The van der Waals surface area contributed by atoms with Gasteiger partial charge in [-0.1, -0.05) is 0 Å². The Hall–Kier alpha value is -2.00. The summed E-state index contributed by atoms with van der Waals surface area (Å²) in [6.45, 7) is 4.29. The molecule has 124 valence electrons. The van der Waals surface area contributed by atoms with Crippen LogP contribution in [0.25, 0.3) is 0 Å². The third-order valence-corrected chi connectivity index (χ3v) is 1.73. The monoisotopic (exact) mass is 315 g/mol. The Labute approximate surface area is 120 Å². The normalized spacial score (nSPS) is 10.4. The van der Waals surface area contributed by atoms with Crippen LogP contribution in [0.2, 0.25) is 0 Å². The van der Waals surface area contributed by atoms with Crippen LogP contribution in [-0.4, -0.2) is 41.8 Å². The lowest BCUT2D eigenvalue weighted by atomic mass is 10.2. The van der Waals surface area contributed by atoms with Crippen molar-refractivity contribution >= 4 is 17.9 Å². The van der Waals surface area contributed by atoms with Gasteiger partial charge in [0.05, 0.1) is 6.10 Å². The zero-order chi connectivity index (χ0) is 17.1. The van der Waals surface area contributed by atoms with Crippen LogP contribution in [0.15, 0.2) is 0 Å². The molecule has 0 unspecified atom stereocenters. The highest BCUT2D eigenvalue weighted by atomic mass is 19.4. The number of hydrogen-bond donors (Lipinski definition) is 4. The predicted octanol–water partition coefficient (Wildman–Crippen LogP) is 1.22. The van der Waals surface area contributed by atoms with E-state index in [9.17, 15) is 18.0 Å². The SMILES string of the molecule is CC(C)OC(=O)CCCCNC(=N)N.O=C(O)C(F)(F)F. The molecule has 0 aliphatic rings. The van der Waals surface area contributed by atoms with Crippen LogP contribution >= 0.6 is 0 Å². The molecule has 0 bridgehead atoms. The highest BCUT2D eigenvalue weighted by molar-refractivity contribution is 5.74. The first-order valence-corrected chi connectivity index (χ1v) is 6.04. The molecule has 0 saturated heterocycles. The van der Waals surface area contributed by atoms with E-state index in [1.807, 2.05) is 13.8 Å². The molecular weight excluding hydrogens is 295 g/mol. The lowest BCUT2D eigenvalue weighted by Gasteiger charge is -2.07. The Balaban J connectivity index is 0. The molecule has 0 fully saturated rings. The molecule has 0 rings (SSSR count). The van der Waals surface area contributed by atoms with E-state index in [1.165, 1.54) is 0 Å². The first kappa shape index (κ1) is 21.3. The molecule has 10 heteroatoms. The third-order valence-electron chi connectivity index (χ3n) is 1.73. The Morgan fingerprint density at radius 1 is 1.33 bits per heavy atom. The maximum absolute atomic E-state index is 11.0. The van der Waals surface area contributed by atoms with Crippen molar-refractivity contribution in [2.75, 3.05) is 6.54 Å². The number of halogens is 3. The van der Waals surface area contributed by atoms with E-state index in [-0.39, 0.29) is 18.0 Å². The molecule has 0 aromatic carbocycles. The van der Waals surface area contributed by atoms with E-state index in [0.29, 0.717) is 13.0 Å². The van der Waals surface area contributed by atoms with Crippen molar-refractivity contribution in [1.29, 1.82) is 5.41 Å². The third kappa shape index (κ3) is 18.0. The van der Waals surface area contributed by atoms with Gasteiger partial charge in [0, 0.05) is 13.0 Å². The second-order valence-corrected chi connectivity index (χ2v) is 4.14. The summed E-state index contributed by atoms with van der Waals surface area (Å²) >= 11 is 0. The minimum absolute atomic E-state index is 0.0326. The number of carbonyl (C=O) groups excluding carboxylic acids is 1. The van der Waals surface area contributed by atoms with Gasteiger partial charge in [-0.15, -0.1) is 0 Å². The topological polar surface area (TPSA) is 126 Å². The first-order chi connectivity index (χ1) is 9.46. The molecule has 5 N–H and O–H groups in total. The fourth-order valence-electron chi connectivity index (χ4n) is 0.939. The van der Waals surface area contributed by atoms with Crippen molar-refractivity contribution in [2.24, 2.45) is 5.73 Å². The second kappa shape index (κ2) is 10.7. The predicted molar refractivity (Wildman–Crippen MR) is 68.7 cm³/mol. The average Bonchev–Trinajstić information content (AvgIpc) is 2.26. The molecule has 0 aromatic rings. The number of ether oxygens (including phenoxy) is 1. The van der Waals surface area contributed by atoms with Gasteiger partial charge in [0.15, 0.2) is 5.96 Å². The summed E-state index contributed by atoms with van der Waals surface area (Å²) in [5.41, 5.74) is 5.08. The van der Waals surface area contributed by atoms with Crippen LogP contribution in [-0.2, 0) is 14.3 Å². The maximum Gasteiger partial charge on any atom is 0.490 e. The molecule has 21 heavy (non-hydrogen) atoms. The number of unbranched alkanes of at least 4 members (excludes halogenated alkanes) is 1. The first-order valence-electron chi connectivity index (χ1n) is 6.04. The van der Waals surface area contributed by atoms with Crippen molar-refractivity contribution in [3.63, 3.8) is 0 Å². The number of guanidine groups is 1. The molecule has 0 amide bonds. The smallest absolute Gasteiger partial charge is 0.475 e. The minimum Gasteiger partial charge on any atom is -0.475 e. The van der Waals surface area contributed by atoms with E-state index >= 15 is 0 Å². The van der Waals surface area contributed by atoms with Gasteiger partial charge < -0.3 is 20.9 Å². The lowest BCUT2D eigenvalue weighted by Crippen LogP contribution is -2.30. The van der Waals surface area contributed by atoms with Gasteiger partial charge in [-0.2, -0.15) is 13.2 Å². The van der Waals surface area contributed by atoms with Crippen molar-refractivity contribution in [3.05, 3.63) is 0 Å². The number of nitrogens with two attached hydrogens (primary N) is 1. The Morgan fingerprint density at radius 2 is 1.81 bits per heavy atom. The standard InChI is InChI=1S/C9H19N3O2.C2HF3O2/c1-7(2)14-8(13)5-3-4-6-12-9(10)11;3-2(4,5)1(6)7/h7H,3-6H2,1-2H3,(H4,10,11,12);(H,6,7). The Morgan fingerprint density at radius 3 is 2.14 bits per heavy atom. The highest BCUT2D eigenvalue weighted by Gasteiger charge is 2.38. The summed E-state index contributed by atoms with van der Waals surface area (Å²) in [7, 11) is 0. The van der Waals surface area contributed by atoms with Crippen molar-refractivity contribution < 1.29 is 32.6 Å². The molecule has 0 radical (unpaired) electrons. The zero-order valence-corrected chi connectivity index (χ0v) is 11.8. The fourth-order valence-corrected chi connectivity index (χ4v) is 0.939. The number of carboxylic acid groups (broad SMARTS) is 1. The fraction of sp³-hybridized carbons (Fsp3) is 0.727. The highest BCUT2D eigenvalue weighted by Crippen LogP contribution is 2.13. The van der Waals surface area contributed by atoms with E-state index in [1.54, 1.807) is 0 Å². The van der Waals surface area contributed by atoms with E-state index < -0.39 is 12.1 Å². The second-order valence-electron chi connectivity index (χ2n) is 4.14. The summed E-state index contributed by atoms with van der Waals surface area (Å²) in [6, 6.07) is 0. The van der Waals surface area contributed by atoms with Gasteiger partial charge in [-0.3, -0.25) is 10.2 Å². The number of nitrogens with one attached hydrogen (secondary N) is 2. The lowest BCUT2D eigenvalue weighted by molar-refractivity contribution is -0.192. The van der Waals surface area contributed by atoms with E-state index in [0.717, 1.165) is 12.8 Å². The number of carbonyl (C=O) groups is 2. The number of carboxylic acids is 1. The summed E-state index contributed by atoms with van der Waals surface area (Å²) in [5, 5.41) is 16.7. The Bertz CT molecular complexity index is 346. The quantitative estimate of drug-likeness (QED) is 0.253. The van der Waals surface area contributed by atoms with Crippen molar-refractivity contribution in [3.8, 4) is 0 Å². The molecule has 0 heterocycles. The van der Waals surface area contributed by atoms with Crippen LogP contribution in [0.5, 0.6) is 0 Å². The number of esters is 1. The van der Waals surface area contributed by atoms with Crippen LogP contribution in [0.3, 0.4) is 0 Å². The van der Waals surface area contributed by atoms with Crippen LogP contribution in [0.1, 0.15) is 33.1 Å². The van der Waals surface area contributed by atoms with Gasteiger partial charge in [0.1, 0.15) is 0 Å². The average molecular weight is 315 g/mol. The van der Waals surface area contributed by atoms with Gasteiger partial charge in [-0.25, -0.2) is 4.79 Å². The maximum atomic E-state index is 11.0. The summed E-state index contributed by atoms with van der Waals surface area (Å²) in [4.78, 5) is 19.9. The number of alkyl halides is 3. The van der Waals surface area contributed by atoms with Crippen LogP contribution in [0.4, 0.5) is 13.2 Å².